The van der Waals surface area contributed by atoms with E-state index in [1.165, 1.54) is 49.7 Å². The minimum absolute atomic E-state index is 0.379. The van der Waals surface area contributed by atoms with Crippen LogP contribution in [0.25, 0.3) is 0 Å². The third-order valence-electron chi connectivity index (χ3n) is 5.92. The SMILES string of the molecule is CNC1CC(Oc2ccc(C)c(C)c2)C12CCCCCC2. The van der Waals surface area contributed by atoms with Crippen molar-refractivity contribution in [3.8, 4) is 5.75 Å². The van der Waals surface area contributed by atoms with Crippen LogP contribution < -0.4 is 10.1 Å². The number of aryl methyl sites for hydroxylation is 2. The molecule has 0 aliphatic heterocycles. The summed E-state index contributed by atoms with van der Waals surface area (Å²) in [5, 5.41) is 3.55. The molecule has 3 rings (SSSR count). The van der Waals surface area contributed by atoms with Gasteiger partial charge in [0.25, 0.3) is 0 Å². The maximum Gasteiger partial charge on any atom is 0.120 e. The Bertz CT molecular complexity index is 488. The average molecular weight is 287 g/mol. The second-order valence-corrected chi connectivity index (χ2v) is 7.08. The molecule has 2 atom stereocenters. The lowest BCUT2D eigenvalue weighted by Crippen LogP contribution is -2.64. The summed E-state index contributed by atoms with van der Waals surface area (Å²) in [7, 11) is 2.11. The maximum atomic E-state index is 6.43. The van der Waals surface area contributed by atoms with Gasteiger partial charge in [-0.25, -0.2) is 0 Å². The zero-order chi connectivity index (χ0) is 14.9. The number of ether oxygens (including phenoxy) is 1. The Balaban J connectivity index is 1.76. The fourth-order valence-electron chi connectivity index (χ4n) is 4.33. The molecule has 0 radical (unpaired) electrons. The van der Waals surface area contributed by atoms with E-state index >= 15 is 0 Å². The largest absolute Gasteiger partial charge is 0.490 e. The Morgan fingerprint density at radius 3 is 2.38 bits per heavy atom. The van der Waals surface area contributed by atoms with Crippen molar-refractivity contribution in [2.45, 2.75) is 70.9 Å². The summed E-state index contributed by atoms with van der Waals surface area (Å²) in [5.74, 6) is 1.06. The van der Waals surface area contributed by atoms with Crippen molar-refractivity contribution in [3.63, 3.8) is 0 Å². The van der Waals surface area contributed by atoms with Gasteiger partial charge in [-0.05, 0) is 57.0 Å². The minimum atomic E-state index is 0.379. The zero-order valence-corrected chi connectivity index (χ0v) is 13.7. The van der Waals surface area contributed by atoms with E-state index < -0.39 is 0 Å². The summed E-state index contributed by atoms with van der Waals surface area (Å²) in [5.41, 5.74) is 3.05. The van der Waals surface area contributed by atoms with E-state index in [2.05, 4.69) is 44.4 Å². The fraction of sp³-hybridized carbons (Fsp3) is 0.684. The molecule has 2 saturated carbocycles. The van der Waals surface area contributed by atoms with E-state index in [1.807, 2.05) is 0 Å². The quantitative estimate of drug-likeness (QED) is 0.890. The van der Waals surface area contributed by atoms with Gasteiger partial charge in [0, 0.05) is 17.9 Å². The number of nitrogens with one attached hydrogen (secondary N) is 1. The monoisotopic (exact) mass is 287 g/mol. The molecule has 2 aliphatic carbocycles. The number of hydrogen-bond acceptors (Lipinski definition) is 2. The topological polar surface area (TPSA) is 21.3 Å². The molecule has 2 fully saturated rings. The number of hydrogen-bond donors (Lipinski definition) is 1. The van der Waals surface area contributed by atoms with Crippen LogP contribution in [0.2, 0.25) is 0 Å². The Hall–Kier alpha value is -1.02. The van der Waals surface area contributed by atoms with E-state index in [-0.39, 0.29) is 0 Å². The van der Waals surface area contributed by atoms with E-state index in [0.717, 1.165) is 12.2 Å². The molecule has 2 aliphatic rings. The van der Waals surface area contributed by atoms with Gasteiger partial charge < -0.3 is 10.1 Å². The molecule has 1 N–H and O–H groups in total. The maximum absolute atomic E-state index is 6.43. The first kappa shape index (κ1) is 14.9. The molecule has 116 valence electrons. The molecule has 0 heterocycles. The first-order chi connectivity index (χ1) is 10.2. The third kappa shape index (κ3) is 2.70. The summed E-state index contributed by atoms with van der Waals surface area (Å²) >= 11 is 0. The Kier molecular flexibility index (Phi) is 4.26. The van der Waals surface area contributed by atoms with Crippen LogP contribution in [0.15, 0.2) is 18.2 Å². The summed E-state index contributed by atoms with van der Waals surface area (Å²) in [6, 6.07) is 7.16. The first-order valence-electron chi connectivity index (χ1n) is 8.57. The van der Waals surface area contributed by atoms with Gasteiger partial charge in [-0.3, -0.25) is 0 Å². The summed E-state index contributed by atoms with van der Waals surface area (Å²) in [4.78, 5) is 0. The van der Waals surface area contributed by atoms with Crippen LogP contribution in [-0.4, -0.2) is 19.2 Å². The smallest absolute Gasteiger partial charge is 0.120 e. The lowest BCUT2D eigenvalue weighted by Gasteiger charge is -2.55. The Morgan fingerprint density at radius 1 is 1.05 bits per heavy atom. The van der Waals surface area contributed by atoms with Crippen molar-refractivity contribution in [2.75, 3.05) is 7.05 Å². The number of benzene rings is 1. The summed E-state index contributed by atoms with van der Waals surface area (Å²) < 4.78 is 6.43. The van der Waals surface area contributed by atoms with Crippen molar-refractivity contribution in [1.29, 1.82) is 0 Å². The first-order valence-corrected chi connectivity index (χ1v) is 8.57. The molecule has 1 spiro atoms. The van der Waals surface area contributed by atoms with Gasteiger partial charge in [-0.2, -0.15) is 0 Å². The molecular formula is C19H29NO. The highest BCUT2D eigenvalue weighted by molar-refractivity contribution is 5.34. The average Bonchev–Trinajstić information content (AvgIpc) is 2.74. The molecule has 0 bridgehead atoms. The summed E-state index contributed by atoms with van der Waals surface area (Å²) in [6.45, 7) is 4.33. The fourth-order valence-corrected chi connectivity index (χ4v) is 4.33. The van der Waals surface area contributed by atoms with Crippen LogP contribution in [0.3, 0.4) is 0 Å². The standard InChI is InChI=1S/C19H29NO/c1-14-8-9-16(12-15(14)2)21-18-13-17(20-3)19(18)10-6-4-5-7-11-19/h8-9,12,17-18,20H,4-7,10-11,13H2,1-3H3. The van der Waals surface area contributed by atoms with Crippen LogP contribution in [-0.2, 0) is 0 Å². The van der Waals surface area contributed by atoms with Crippen LogP contribution in [0.4, 0.5) is 0 Å². The van der Waals surface area contributed by atoms with Gasteiger partial charge in [-0.15, -0.1) is 0 Å². The van der Waals surface area contributed by atoms with Crippen LogP contribution in [0.5, 0.6) is 5.75 Å². The van der Waals surface area contributed by atoms with Gasteiger partial charge in [0.1, 0.15) is 11.9 Å². The van der Waals surface area contributed by atoms with Gasteiger partial charge in [0.05, 0.1) is 0 Å². The van der Waals surface area contributed by atoms with Crippen molar-refractivity contribution >= 4 is 0 Å². The molecule has 21 heavy (non-hydrogen) atoms. The highest BCUT2D eigenvalue weighted by Crippen LogP contribution is 2.52. The Morgan fingerprint density at radius 2 is 1.76 bits per heavy atom. The molecule has 1 aromatic rings. The predicted molar refractivity (Wildman–Crippen MR) is 87.9 cm³/mol. The van der Waals surface area contributed by atoms with Crippen molar-refractivity contribution in [2.24, 2.45) is 5.41 Å². The highest BCUT2D eigenvalue weighted by Gasteiger charge is 2.55. The van der Waals surface area contributed by atoms with Crippen molar-refractivity contribution < 1.29 is 4.74 Å². The normalized spacial score (nSPS) is 28.0. The van der Waals surface area contributed by atoms with Gasteiger partial charge in [-0.1, -0.05) is 31.7 Å². The molecule has 2 nitrogen and oxygen atoms in total. The van der Waals surface area contributed by atoms with Gasteiger partial charge in [0.15, 0.2) is 0 Å². The lowest BCUT2D eigenvalue weighted by molar-refractivity contribution is -0.0882. The second kappa shape index (κ2) is 6.00. The minimum Gasteiger partial charge on any atom is -0.490 e. The van der Waals surface area contributed by atoms with Crippen LogP contribution in [0, 0.1) is 19.3 Å². The highest BCUT2D eigenvalue weighted by atomic mass is 16.5. The molecular weight excluding hydrogens is 258 g/mol. The van der Waals surface area contributed by atoms with E-state index in [1.54, 1.807) is 0 Å². The molecule has 0 saturated heterocycles. The predicted octanol–water partition coefficient (Wildman–Crippen LogP) is 4.38. The molecule has 0 aromatic heterocycles. The van der Waals surface area contributed by atoms with Crippen LogP contribution in [0.1, 0.15) is 56.1 Å². The van der Waals surface area contributed by atoms with Gasteiger partial charge in [0.2, 0.25) is 0 Å². The third-order valence-corrected chi connectivity index (χ3v) is 5.92. The molecule has 2 unspecified atom stereocenters. The molecule has 2 heteroatoms. The number of rotatable bonds is 3. The van der Waals surface area contributed by atoms with Crippen molar-refractivity contribution in [3.05, 3.63) is 29.3 Å². The second-order valence-electron chi connectivity index (χ2n) is 7.08. The molecule has 0 amide bonds. The zero-order valence-electron chi connectivity index (χ0n) is 13.7. The van der Waals surface area contributed by atoms with E-state index in [4.69, 9.17) is 4.74 Å². The molecule has 1 aromatic carbocycles. The lowest BCUT2D eigenvalue weighted by atomic mass is 9.58. The van der Waals surface area contributed by atoms with Gasteiger partial charge >= 0.3 is 0 Å². The van der Waals surface area contributed by atoms with E-state index in [9.17, 15) is 0 Å². The van der Waals surface area contributed by atoms with Crippen LogP contribution >= 0.6 is 0 Å². The van der Waals surface area contributed by atoms with Crippen molar-refractivity contribution in [1.82, 2.24) is 5.32 Å². The van der Waals surface area contributed by atoms with E-state index in [0.29, 0.717) is 17.6 Å². The summed E-state index contributed by atoms with van der Waals surface area (Å²) in [6.07, 6.45) is 9.74. The Labute approximate surface area is 129 Å².